The molecule has 0 atom stereocenters. The molecule has 1 aromatic carbocycles. The topological polar surface area (TPSA) is 56.6 Å². The summed E-state index contributed by atoms with van der Waals surface area (Å²) >= 11 is 0. The Morgan fingerprint density at radius 3 is 2.67 bits per heavy atom. The highest BCUT2D eigenvalue weighted by atomic mass is 16.5. The van der Waals surface area contributed by atoms with Crippen molar-refractivity contribution in [2.45, 2.75) is 13.8 Å². The van der Waals surface area contributed by atoms with Gasteiger partial charge in [-0.3, -0.25) is 9.69 Å². The Bertz CT molecular complexity index is 543. The van der Waals surface area contributed by atoms with Crippen LogP contribution in [0.5, 0.6) is 5.75 Å². The molecule has 0 radical (unpaired) electrons. The smallest absolute Gasteiger partial charge is 0.260 e. The minimum Gasteiger partial charge on any atom is -0.483 e. The van der Waals surface area contributed by atoms with Gasteiger partial charge in [0.1, 0.15) is 5.75 Å². The van der Waals surface area contributed by atoms with E-state index in [1.165, 1.54) is 0 Å². The van der Waals surface area contributed by atoms with E-state index < -0.39 is 0 Å². The monoisotopic (exact) mass is 287 g/mol. The lowest BCUT2D eigenvalue weighted by Gasteiger charge is -2.33. The summed E-state index contributed by atoms with van der Waals surface area (Å²) in [6.45, 7) is 7.36. The van der Waals surface area contributed by atoms with Gasteiger partial charge in [0.05, 0.1) is 12.6 Å². The normalized spacial score (nSPS) is 15.6. The summed E-state index contributed by atoms with van der Waals surface area (Å²) in [5.41, 5.74) is 2.23. The Labute approximate surface area is 125 Å². The van der Waals surface area contributed by atoms with Crippen molar-refractivity contribution in [1.82, 2.24) is 9.80 Å². The zero-order valence-corrected chi connectivity index (χ0v) is 12.6. The maximum Gasteiger partial charge on any atom is 0.260 e. The van der Waals surface area contributed by atoms with Crippen LogP contribution in [0.15, 0.2) is 18.2 Å². The minimum absolute atomic E-state index is 0.00696. The molecule has 5 heteroatoms. The molecule has 0 spiro atoms. The number of benzene rings is 1. The van der Waals surface area contributed by atoms with Crippen molar-refractivity contribution < 1.29 is 9.53 Å². The molecule has 1 aromatic rings. The molecule has 0 saturated carbocycles. The van der Waals surface area contributed by atoms with Crippen LogP contribution in [-0.4, -0.2) is 55.0 Å². The van der Waals surface area contributed by atoms with E-state index >= 15 is 0 Å². The third-order valence-electron chi connectivity index (χ3n) is 3.93. The van der Waals surface area contributed by atoms with Crippen LogP contribution in [0.3, 0.4) is 0 Å². The highest BCUT2D eigenvalue weighted by molar-refractivity contribution is 5.78. The standard InChI is InChI=1S/C16H21N3O2/c1-13-4-3-5-15(14(13)2)21-12-16(20)19-10-8-18(7-6-17)9-11-19/h3-5H,7-12H2,1-2H3. The quantitative estimate of drug-likeness (QED) is 0.784. The van der Waals surface area contributed by atoms with Crippen molar-refractivity contribution in [1.29, 1.82) is 5.26 Å². The van der Waals surface area contributed by atoms with Crippen LogP contribution in [0.25, 0.3) is 0 Å². The molecule has 0 unspecified atom stereocenters. The first-order valence-electron chi connectivity index (χ1n) is 7.18. The summed E-state index contributed by atoms with van der Waals surface area (Å²) in [5, 5.41) is 8.66. The van der Waals surface area contributed by atoms with Gasteiger partial charge in [0.15, 0.2) is 6.61 Å². The number of hydrogen-bond donors (Lipinski definition) is 0. The Kier molecular flexibility index (Phi) is 5.18. The summed E-state index contributed by atoms with van der Waals surface area (Å²) < 4.78 is 5.65. The van der Waals surface area contributed by atoms with Gasteiger partial charge in [-0.25, -0.2) is 0 Å². The van der Waals surface area contributed by atoms with Gasteiger partial charge in [-0.1, -0.05) is 12.1 Å². The number of carbonyl (C=O) groups excluding carboxylic acids is 1. The minimum atomic E-state index is 0.00696. The Hall–Kier alpha value is -2.06. The second-order valence-electron chi connectivity index (χ2n) is 5.30. The van der Waals surface area contributed by atoms with E-state index in [1.54, 1.807) is 4.90 Å². The van der Waals surface area contributed by atoms with Crippen molar-refractivity contribution in [3.63, 3.8) is 0 Å². The van der Waals surface area contributed by atoms with Crippen molar-refractivity contribution in [3.8, 4) is 11.8 Å². The van der Waals surface area contributed by atoms with Gasteiger partial charge in [-0.05, 0) is 31.0 Å². The number of nitrogens with zero attached hydrogens (tertiary/aromatic N) is 3. The fourth-order valence-corrected chi connectivity index (χ4v) is 2.37. The number of amides is 1. The molecular weight excluding hydrogens is 266 g/mol. The van der Waals surface area contributed by atoms with Crippen molar-refractivity contribution in [2.75, 3.05) is 39.3 Å². The number of piperazine rings is 1. The molecule has 1 heterocycles. The lowest BCUT2D eigenvalue weighted by molar-refractivity contribution is -0.135. The van der Waals surface area contributed by atoms with E-state index in [-0.39, 0.29) is 12.5 Å². The summed E-state index contributed by atoms with van der Waals surface area (Å²) in [5.74, 6) is 0.777. The van der Waals surface area contributed by atoms with Crippen LogP contribution in [0.2, 0.25) is 0 Å². The molecule has 112 valence electrons. The molecule has 1 saturated heterocycles. The van der Waals surface area contributed by atoms with Crippen LogP contribution in [-0.2, 0) is 4.79 Å². The number of ether oxygens (including phenoxy) is 1. The Morgan fingerprint density at radius 1 is 1.29 bits per heavy atom. The summed E-state index contributed by atoms with van der Waals surface area (Å²) in [4.78, 5) is 16.0. The van der Waals surface area contributed by atoms with Crippen molar-refractivity contribution in [3.05, 3.63) is 29.3 Å². The number of hydrogen-bond acceptors (Lipinski definition) is 4. The fraction of sp³-hybridized carbons (Fsp3) is 0.500. The summed E-state index contributed by atoms with van der Waals surface area (Å²) in [7, 11) is 0. The first-order valence-corrected chi connectivity index (χ1v) is 7.18. The van der Waals surface area contributed by atoms with Crippen molar-refractivity contribution >= 4 is 5.91 Å². The summed E-state index contributed by atoms with van der Waals surface area (Å²) in [6.07, 6.45) is 0. The van der Waals surface area contributed by atoms with E-state index in [2.05, 4.69) is 11.0 Å². The van der Waals surface area contributed by atoms with E-state index in [1.807, 2.05) is 32.0 Å². The fourth-order valence-electron chi connectivity index (χ4n) is 2.37. The molecule has 1 fully saturated rings. The second kappa shape index (κ2) is 7.09. The molecular formula is C16H21N3O2. The highest BCUT2D eigenvalue weighted by Crippen LogP contribution is 2.20. The Balaban J connectivity index is 1.83. The molecule has 0 N–H and O–H groups in total. The van der Waals surface area contributed by atoms with Crippen LogP contribution >= 0.6 is 0 Å². The molecule has 2 rings (SSSR count). The molecule has 21 heavy (non-hydrogen) atoms. The van der Waals surface area contributed by atoms with Crippen LogP contribution in [0, 0.1) is 25.2 Å². The maximum absolute atomic E-state index is 12.1. The van der Waals surface area contributed by atoms with Crippen molar-refractivity contribution in [2.24, 2.45) is 0 Å². The first kappa shape index (κ1) is 15.3. The van der Waals surface area contributed by atoms with E-state index in [9.17, 15) is 4.79 Å². The predicted molar refractivity (Wildman–Crippen MR) is 80.0 cm³/mol. The molecule has 5 nitrogen and oxygen atoms in total. The van der Waals surface area contributed by atoms with Gasteiger partial charge < -0.3 is 9.64 Å². The molecule has 0 bridgehead atoms. The zero-order valence-electron chi connectivity index (χ0n) is 12.6. The van der Waals surface area contributed by atoms with E-state index in [0.29, 0.717) is 19.6 Å². The average Bonchev–Trinajstić information content (AvgIpc) is 2.49. The highest BCUT2D eigenvalue weighted by Gasteiger charge is 2.21. The van der Waals surface area contributed by atoms with E-state index in [0.717, 1.165) is 30.0 Å². The van der Waals surface area contributed by atoms with Crippen LogP contribution in [0.4, 0.5) is 0 Å². The number of carbonyl (C=O) groups is 1. The van der Waals surface area contributed by atoms with Gasteiger partial charge in [0.25, 0.3) is 5.91 Å². The molecule has 1 aliphatic heterocycles. The third kappa shape index (κ3) is 3.96. The van der Waals surface area contributed by atoms with Crippen LogP contribution < -0.4 is 4.74 Å². The van der Waals surface area contributed by atoms with Gasteiger partial charge in [-0.2, -0.15) is 5.26 Å². The number of rotatable bonds is 4. The maximum atomic E-state index is 12.1. The third-order valence-corrected chi connectivity index (χ3v) is 3.93. The zero-order chi connectivity index (χ0) is 15.2. The predicted octanol–water partition coefficient (Wildman–Crippen LogP) is 1.35. The van der Waals surface area contributed by atoms with Gasteiger partial charge in [0.2, 0.25) is 0 Å². The van der Waals surface area contributed by atoms with Crippen LogP contribution in [0.1, 0.15) is 11.1 Å². The molecule has 0 aromatic heterocycles. The van der Waals surface area contributed by atoms with Gasteiger partial charge >= 0.3 is 0 Å². The number of nitriles is 1. The lowest BCUT2D eigenvalue weighted by atomic mass is 10.1. The SMILES string of the molecule is Cc1cccc(OCC(=O)N2CCN(CC#N)CC2)c1C. The largest absolute Gasteiger partial charge is 0.483 e. The second-order valence-corrected chi connectivity index (χ2v) is 5.30. The van der Waals surface area contributed by atoms with Gasteiger partial charge in [0, 0.05) is 26.2 Å². The molecule has 0 aliphatic carbocycles. The van der Waals surface area contributed by atoms with Gasteiger partial charge in [-0.15, -0.1) is 0 Å². The molecule has 1 amide bonds. The summed E-state index contributed by atoms with van der Waals surface area (Å²) in [6, 6.07) is 7.99. The average molecular weight is 287 g/mol. The lowest BCUT2D eigenvalue weighted by Crippen LogP contribution is -2.49. The molecule has 1 aliphatic rings. The number of aryl methyl sites for hydroxylation is 1. The van der Waals surface area contributed by atoms with E-state index in [4.69, 9.17) is 10.00 Å². The Morgan fingerprint density at radius 2 is 2.00 bits per heavy atom. The first-order chi connectivity index (χ1) is 10.1.